The van der Waals surface area contributed by atoms with Crippen molar-refractivity contribution in [3.63, 3.8) is 0 Å². The lowest BCUT2D eigenvalue weighted by Crippen LogP contribution is -2.35. The van der Waals surface area contributed by atoms with Crippen molar-refractivity contribution in [1.82, 2.24) is 4.90 Å². The fourth-order valence-electron chi connectivity index (χ4n) is 1.99. The maximum atomic E-state index is 12.4. The van der Waals surface area contributed by atoms with Crippen LogP contribution in [0.25, 0.3) is 0 Å². The Hall–Kier alpha value is -0.960. The Kier molecular flexibility index (Phi) is 7.00. The molecule has 0 fully saturated rings. The average molecular weight is 279 g/mol. The van der Waals surface area contributed by atoms with Gasteiger partial charge in [-0.3, -0.25) is 4.79 Å². The Balaban J connectivity index is 2.77. The molecule has 0 aliphatic rings. The molecule has 0 bridgehead atoms. The van der Waals surface area contributed by atoms with E-state index in [1.165, 1.54) is 17.7 Å². The molecule has 1 amide bonds. The van der Waals surface area contributed by atoms with Crippen molar-refractivity contribution in [3.8, 4) is 0 Å². The van der Waals surface area contributed by atoms with Gasteiger partial charge in [-0.2, -0.15) is 0 Å². The van der Waals surface area contributed by atoms with Gasteiger partial charge < -0.3 is 4.90 Å². The lowest BCUT2D eigenvalue weighted by atomic mass is 9.99. The molecule has 0 saturated heterocycles. The lowest BCUT2D eigenvalue weighted by molar-refractivity contribution is -0.128. The first-order chi connectivity index (χ1) is 9.06. The highest BCUT2D eigenvalue weighted by molar-refractivity contribution is 8.00. The molecule has 0 spiro atoms. The van der Waals surface area contributed by atoms with Gasteiger partial charge in [0.25, 0.3) is 0 Å². The van der Waals surface area contributed by atoms with Crippen LogP contribution in [0, 0.1) is 5.92 Å². The molecule has 0 N–H and O–H groups in total. The van der Waals surface area contributed by atoms with Crippen molar-refractivity contribution < 1.29 is 4.79 Å². The topological polar surface area (TPSA) is 20.3 Å². The Morgan fingerprint density at radius 3 is 2.42 bits per heavy atom. The number of carbonyl (C=O) groups is 1. The summed E-state index contributed by atoms with van der Waals surface area (Å²) in [6.45, 7) is 4.39. The summed E-state index contributed by atoms with van der Waals surface area (Å²) in [7, 11) is 3.68. The van der Waals surface area contributed by atoms with Gasteiger partial charge in [0.05, 0.1) is 5.25 Å². The minimum absolute atomic E-state index is 0.0175. The van der Waals surface area contributed by atoms with Crippen molar-refractivity contribution >= 4 is 17.7 Å². The van der Waals surface area contributed by atoms with Gasteiger partial charge in [0.15, 0.2) is 0 Å². The molecule has 2 nitrogen and oxygen atoms in total. The van der Waals surface area contributed by atoms with Crippen LogP contribution >= 0.6 is 11.8 Å². The maximum Gasteiger partial charge on any atom is 0.235 e. The van der Waals surface area contributed by atoms with E-state index in [2.05, 4.69) is 26.0 Å². The van der Waals surface area contributed by atoms with E-state index >= 15 is 0 Å². The smallest absolute Gasteiger partial charge is 0.235 e. The van der Waals surface area contributed by atoms with E-state index in [0.29, 0.717) is 5.92 Å². The molecule has 1 rings (SSSR count). The summed E-state index contributed by atoms with van der Waals surface area (Å²) >= 11 is 1.69. The number of amides is 1. The number of thioether (sulfide) groups is 1. The summed E-state index contributed by atoms with van der Waals surface area (Å²) in [5.41, 5.74) is 0. The number of benzene rings is 1. The predicted molar refractivity (Wildman–Crippen MR) is 83.5 cm³/mol. The van der Waals surface area contributed by atoms with Crippen molar-refractivity contribution in [2.24, 2.45) is 5.92 Å². The van der Waals surface area contributed by atoms with Crippen LogP contribution in [0.15, 0.2) is 35.2 Å². The third-order valence-corrected chi connectivity index (χ3v) is 4.68. The summed E-state index contributed by atoms with van der Waals surface area (Å²) in [6, 6.07) is 10.2. The Morgan fingerprint density at radius 2 is 1.89 bits per heavy atom. The summed E-state index contributed by atoms with van der Waals surface area (Å²) in [5, 5.41) is 0.0175. The van der Waals surface area contributed by atoms with Gasteiger partial charge in [-0.25, -0.2) is 0 Å². The normalized spacial score (nSPS) is 13.9. The number of carbonyl (C=O) groups excluding carboxylic acids is 1. The molecule has 1 aromatic carbocycles. The molecule has 19 heavy (non-hydrogen) atoms. The largest absolute Gasteiger partial charge is 0.348 e. The zero-order valence-corrected chi connectivity index (χ0v) is 13.2. The molecule has 3 heteroatoms. The second kappa shape index (κ2) is 8.26. The summed E-state index contributed by atoms with van der Waals surface area (Å²) in [6.07, 6.45) is 3.48. The van der Waals surface area contributed by atoms with Gasteiger partial charge in [0.1, 0.15) is 0 Å². The van der Waals surface area contributed by atoms with E-state index in [9.17, 15) is 4.79 Å². The van der Waals surface area contributed by atoms with Crippen molar-refractivity contribution in [3.05, 3.63) is 30.3 Å². The van der Waals surface area contributed by atoms with Crippen LogP contribution in [0.1, 0.15) is 33.1 Å². The minimum atomic E-state index is 0.0175. The molecule has 2 unspecified atom stereocenters. The van der Waals surface area contributed by atoms with Gasteiger partial charge in [0, 0.05) is 19.0 Å². The number of unbranched alkanes of at least 4 members (excludes halogenated alkanes) is 1. The van der Waals surface area contributed by atoms with E-state index in [0.717, 1.165) is 6.42 Å². The quantitative estimate of drug-likeness (QED) is 0.701. The number of hydrogen-bond donors (Lipinski definition) is 0. The average Bonchev–Trinajstić information content (AvgIpc) is 2.42. The first kappa shape index (κ1) is 16.1. The van der Waals surface area contributed by atoms with E-state index in [4.69, 9.17) is 0 Å². The van der Waals surface area contributed by atoms with E-state index in [-0.39, 0.29) is 11.2 Å². The highest BCUT2D eigenvalue weighted by atomic mass is 32.2. The third-order valence-electron chi connectivity index (χ3n) is 3.22. The van der Waals surface area contributed by atoms with Crippen LogP contribution in [0.4, 0.5) is 0 Å². The van der Waals surface area contributed by atoms with Crippen LogP contribution in [-0.4, -0.2) is 30.2 Å². The lowest BCUT2D eigenvalue weighted by Gasteiger charge is -2.25. The summed E-state index contributed by atoms with van der Waals surface area (Å²) in [5.74, 6) is 0.623. The highest BCUT2D eigenvalue weighted by Gasteiger charge is 2.27. The predicted octanol–water partition coefficient (Wildman–Crippen LogP) is 4.06. The highest BCUT2D eigenvalue weighted by Crippen LogP contribution is 2.31. The second-order valence-electron chi connectivity index (χ2n) is 5.20. The van der Waals surface area contributed by atoms with Gasteiger partial charge in [-0.1, -0.05) is 44.9 Å². The molecule has 0 saturated carbocycles. The summed E-state index contributed by atoms with van der Waals surface area (Å²) < 4.78 is 0. The molecule has 0 aliphatic heterocycles. The Morgan fingerprint density at radius 1 is 1.26 bits per heavy atom. The third kappa shape index (κ3) is 5.27. The molecular formula is C16H25NOS. The van der Waals surface area contributed by atoms with Crippen molar-refractivity contribution in [2.45, 2.75) is 43.3 Å². The molecule has 1 aromatic rings. The minimum Gasteiger partial charge on any atom is -0.348 e. The number of rotatable bonds is 7. The molecule has 0 heterocycles. The fraction of sp³-hybridized carbons (Fsp3) is 0.562. The van der Waals surface area contributed by atoms with Gasteiger partial charge in [-0.05, 0) is 24.5 Å². The zero-order valence-electron chi connectivity index (χ0n) is 12.4. The second-order valence-corrected chi connectivity index (χ2v) is 6.42. The van der Waals surface area contributed by atoms with E-state index in [1.807, 2.05) is 32.3 Å². The van der Waals surface area contributed by atoms with Crippen LogP contribution < -0.4 is 0 Å². The molecule has 0 aromatic heterocycles. The van der Waals surface area contributed by atoms with Gasteiger partial charge in [0.2, 0.25) is 5.91 Å². The maximum absolute atomic E-state index is 12.4. The van der Waals surface area contributed by atoms with E-state index in [1.54, 1.807) is 16.7 Å². The first-order valence-corrected chi connectivity index (χ1v) is 7.87. The standard InChI is InChI=1S/C16H25NOS/c1-5-6-10-13(2)15(16(18)17(3)4)19-14-11-8-7-9-12-14/h7-9,11-13,15H,5-6,10H2,1-4H3. The van der Waals surface area contributed by atoms with Gasteiger partial charge >= 0.3 is 0 Å². The SMILES string of the molecule is CCCCC(C)C(Sc1ccccc1)C(=O)N(C)C. The molecule has 106 valence electrons. The molecule has 2 atom stereocenters. The molecular weight excluding hydrogens is 254 g/mol. The first-order valence-electron chi connectivity index (χ1n) is 6.99. The molecule has 0 radical (unpaired) electrons. The van der Waals surface area contributed by atoms with E-state index < -0.39 is 0 Å². The van der Waals surface area contributed by atoms with Crippen LogP contribution in [0.5, 0.6) is 0 Å². The van der Waals surface area contributed by atoms with Crippen LogP contribution in [0.2, 0.25) is 0 Å². The Labute approximate surface area is 121 Å². The van der Waals surface area contributed by atoms with Crippen molar-refractivity contribution in [1.29, 1.82) is 0 Å². The van der Waals surface area contributed by atoms with Crippen LogP contribution in [-0.2, 0) is 4.79 Å². The molecule has 0 aliphatic carbocycles. The fourth-order valence-corrected chi connectivity index (χ4v) is 3.28. The Bertz CT molecular complexity index is 378. The monoisotopic (exact) mass is 279 g/mol. The number of hydrogen-bond acceptors (Lipinski definition) is 2. The zero-order chi connectivity index (χ0) is 14.3. The van der Waals surface area contributed by atoms with Gasteiger partial charge in [-0.15, -0.1) is 11.8 Å². The number of nitrogens with zero attached hydrogens (tertiary/aromatic N) is 1. The van der Waals surface area contributed by atoms with Crippen molar-refractivity contribution in [2.75, 3.05) is 14.1 Å². The van der Waals surface area contributed by atoms with Crippen LogP contribution in [0.3, 0.4) is 0 Å². The summed E-state index contributed by atoms with van der Waals surface area (Å²) in [4.78, 5) is 15.2.